The van der Waals surface area contributed by atoms with Crippen LogP contribution in [0.1, 0.15) is 27.2 Å². The van der Waals surface area contributed by atoms with Gasteiger partial charge in [0.1, 0.15) is 0 Å². The van der Waals surface area contributed by atoms with E-state index in [1.807, 2.05) is 32.9 Å². The molecule has 0 aromatic carbocycles. The number of rotatable bonds is 10. The van der Waals surface area contributed by atoms with Crippen LogP contribution >= 0.6 is 0 Å². The van der Waals surface area contributed by atoms with Crippen molar-refractivity contribution in [3.05, 3.63) is 36.5 Å². The molecule has 0 radical (unpaired) electrons. The molecule has 2 amide bonds. The average molecular weight is 375 g/mol. The first-order valence-electron chi connectivity index (χ1n) is 7.88. The van der Waals surface area contributed by atoms with Crippen LogP contribution in [0.5, 0.6) is 0 Å². The summed E-state index contributed by atoms with van der Waals surface area (Å²) in [6.45, 7) is 9.06. The highest BCUT2D eigenvalue weighted by atomic mass is 32.2. The molecule has 0 aliphatic heterocycles. The lowest BCUT2D eigenvalue weighted by atomic mass is 10.1. The lowest BCUT2D eigenvalue weighted by Crippen LogP contribution is -2.45. The lowest BCUT2D eigenvalue weighted by Gasteiger charge is -2.12. The first kappa shape index (κ1) is 25.3. The highest BCUT2D eigenvalue weighted by Crippen LogP contribution is 2.03. The van der Waals surface area contributed by atoms with Crippen LogP contribution in [0.15, 0.2) is 36.5 Å². The van der Waals surface area contributed by atoms with E-state index in [9.17, 15) is 18.0 Å². The minimum absolute atomic E-state index is 0.240. The summed E-state index contributed by atoms with van der Waals surface area (Å²) in [6, 6.07) is -0.844. The minimum atomic E-state index is -4.13. The van der Waals surface area contributed by atoms with Gasteiger partial charge >= 0.3 is 0 Å². The number of nitrogens with two attached hydrogens (primary N) is 1. The topological polar surface area (TPSA) is 139 Å². The smallest absolute Gasteiger partial charge is 0.266 e. The molecule has 1 unspecified atom stereocenters. The Morgan fingerprint density at radius 2 is 1.84 bits per heavy atom. The van der Waals surface area contributed by atoms with E-state index < -0.39 is 33.7 Å². The molecule has 9 heteroatoms. The van der Waals surface area contributed by atoms with Gasteiger partial charge in [0.05, 0.1) is 18.3 Å². The van der Waals surface area contributed by atoms with Crippen molar-refractivity contribution in [2.75, 3.05) is 18.8 Å². The molecule has 144 valence electrons. The van der Waals surface area contributed by atoms with E-state index in [2.05, 4.69) is 17.2 Å². The van der Waals surface area contributed by atoms with Crippen LogP contribution in [0.4, 0.5) is 0 Å². The predicted octanol–water partition coefficient (Wildman–Crippen LogP) is 0.539. The van der Waals surface area contributed by atoms with Crippen molar-refractivity contribution in [3.63, 3.8) is 0 Å². The summed E-state index contributed by atoms with van der Waals surface area (Å²) in [4.78, 5) is 23.1. The Kier molecular flexibility index (Phi) is 14.5. The molecular weight excluding hydrogens is 346 g/mol. The summed E-state index contributed by atoms with van der Waals surface area (Å²) in [5.74, 6) is -1.69. The van der Waals surface area contributed by atoms with Gasteiger partial charge < -0.3 is 16.4 Å². The second kappa shape index (κ2) is 14.4. The summed E-state index contributed by atoms with van der Waals surface area (Å²) < 4.78 is 29.4. The normalized spacial score (nSPS) is 12.4. The molecule has 0 aromatic rings. The third-order valence-corrected chi connectivity index (χ3v) is 3.28. The Balaban J connectivity index is 0. The number of hydrogen-bond acceptors (Lipinski definition) is 5. The van der Waals surface area contributed by atoms with Gasteiger partial charge in [-0.05, 0) is 13.3 Å². The van der Waals surface area contributed by atoms with E-state index in [4.69, 9.17) is 10.3 Å². The molecule has 0 aliphatic rings. The summed E-state index contributed by atoms with van der Waals surface area (Å²) in [7, 11) is -4.13. The first-order chi connectivity index (χ1) is 11.7. The van der Waals surface area contributed by atoms with Gasteiger partial charge in [-0.2, -0.15) is 8.42 Å². The molecule has 5 N–H and O–H groups in total. The van der Waals surface area contributed by atoms with Crippen molar-refractivity contribution in [2.45, 2.75) is 33.2 Å². The van der Waals surface area contributed by atoms with Crippen LogP contribution in [0, 0.1) is 0 Å². The van der Waals surface area contributed by atoms with Crippen molar-refractivity contribution < 1.29 is 22.6 Å². The summed E-state index contributed by atoms with van der Waals surface area (Å²) in [5.41, 5.74) is 6.37. The summed E-state index contributed by atoms with van der Waals surface area (Å²) in [6.07, 6.45) is 7.40. The molecule has 8 nitrogen and oxygen atoms in total. The van der Waals surface area contributed by atoms with Crippen molar-refractivity contribution in [1.82, 2.24) is 10.6 Å². The van der Waals surface area contributed by atoms with Crippen LogP contribution in [0.3, 0.4) is 0 Å². The van der Waals surface area contributed by atoms with Crippen molar-refractivity contribution in [3.8, 4) is 0 Å². The van der Waals surface area contributed by atoms with Gasteiger partial charge in [-0.25, -0.2) is 0 Å². The summed E-state index contributed by atoms with van der Waals surface area (Å²) in [5, 5.41) is 4.57. The van der Waals surface area contributed by atoms with E-state index in [1.54, 1.807) is 12.2 Å². The van der Waals surface area contributed by atoms with Gasteiger partial charge in [0.2, 0.25) is 11.8 Å². The van der Waals surface area contributed by atoms with Gasteiger partial charge in [0, 0.05) is 6.54 Å². The number of carbonyl (C=O) groups excluding carboxylic acids is 2. The molecular formula is C16H29N3O5S. The molecule has 0 aliphatic carbocycles. The van der Waals surface area contributed by atoms with Gasteiger partial charge in [0.25, 0.3) is 10.1 Å². The molecule has 0 heterocycles. The molecule has 0 rings (SSSR count). The maximum absolute atomic E-state index is 11.7. The molecule has 0 fully saturated rings. The van der Waals surface area contributed by atoms with Crippen LogP contribution < -0.4 is 16.4 Å². The van der Waals surface area contributed by atoms with Gasteiger partial charge in [0.15, 0.2) is 0 Å². The third kappa shape index (κ3) is 16.7. The highest BCUT2D eigenvalue weighted by Gasteiger charge is 2.15. The van der Waals surface area contributed by atoms with Crippen LogP contribution in [0.2, 0.25) is 0 Å². The van der Waals surface area contributed by atoms with E-state index in [-0.39, 0.29) is 19.5 Å². The second-order valence-corrected chi connectivity index (χ2v) is 6.28. The SMILES string of the molecule is C=C(/C=C\C=C/C)CC(N)C(=O)NCC(=O)NCCS(=O)(=O)O.CC. The van der Waals surface area contributed by atoms with Crippen LogP contribution in [0.25, 0.3) is 0 Å². The van der Waals surface area contributed by atoms with Gasteiger partial charge in [-0.1, -0.05) is 50.3 Å². The minimum Gasteiger partial charge on any atom is -0.353 e. The number of amides is 2. The fourth-order valence-electron chi connectivity index (χ4n) is 1.43. The first-order valence-corrected chi connectivity index (χ1v) is 9.49. The lowest BCUT2D eigenvalue weighted by molar-refractivity contribution is -0.126. The Labute approximate surface area is 150 Å². The molecule has 25 heavy (non-hydrogen) atoms. The Hall–Kier alpha value is -1.97. The van der Waals surface area contributed by atoms with Crippen molar-refractivity contribution in [1.29, 1.82) is 0 Å². The molecule has 0 saturated carbocycles. The third-order valence-electron chi connectivity index (χ3n) is 2.56. The molecule has 0 bridgehead atoms. The number of allylic oxidation sites excluding steroid dienone is 4. The second-order valence-electron chi connectivity index (χ2n) is 4.71. The van der Waals surface area contributed by atoms with E-state index in [0.29, 0.717) is 5.57 Å². The van der Waals surface area contributed by atoms with Crippen LogP contribution in [-0.4, -0.2) is 49.7 Å². The Morgan fingerprint density at radius 1 is 1.24 bits per heavy atom. The van der Waals surface area contributed by atoms with Gasteiger partial charge in [-0.15, -0.1) is 0 Å². The number of hydrogen-bond donors (Lipinski definition) is 4. The largest absolute Gasteiger partial charge is 0.353 e. The average Bonchev–Trinajstić information content (AvgIpc) is 2.53. The van der Waals surface area contributed by atoms with E-state index >= 15 is 0 Å². The zero-order valence-corrected chi connectivity index (χ0v) is 15.8. The molecule has 0 spiro atoms. The number of nitrogens with one attached hydrogen (secondary N) is 2. The highest BCUT2D eigenvalue weighted by molar-refractivity contribution is 7.85. The zero-order chi connectivity index (χ0) is 19.9. The van der Waals surface area contributed by atoms with E-state index in [0.717, 1.165) is 0 Å². The fraction of sp³-hybridized carbons (Fsp3) is 0.500. The van der Waals surface area contributed by atoms with Crippen molar-refractivity contribution >= 4 is 21.9 Å². The maximum Gasteiger partial charge on any atom is 0.266 e. The van der Waals surface area contributed by atoms with E-state index in [1.165, 1.54) is 0 Å². The Bertz CT molecular complexity index is 583. The number of carbonyl (C=O) groups is 2. The quantitative estimate of drug-likeness (QED) is 0.325. The fourth-order valence-corrected chi connectivity index (χ4v) is 1.79. The Morgan fingerprint density at radius 3 is 2.36 bits per heavy atom. The standard InChI is InChI=1S/C14H23N3O5S.C2H6/c1-3-4-5-6-11(2)9-12(15)14(19)17-10-13(18)16-7-8-23(20,21)22;1-2/h3-6,12H,2,7-10,15H2,1H3,(H,16,18)(H,17,19)(H,20,21,22);1-2H3/b4-3-,6-5-;. The predicted molar refractivity (Wildman–Crippen MR) is 99.5 cm³/mol. The monoisotopic (exact) mass is 375 g/mol. The molecule has 0 aromatic heterocycles. The zero-order valence-electron chi connectivity index (χ0n) is 15.0. The molecule has 1 atom stereocenters. The molecule has 0 saturated heterocycles. The van der Waals surface area contributed by atoms with Crippen LogP contribution in [-0.2, 0) is 19.7 Å². The maximum atomic E-state index is 11.7. The van der Waals surface area contributed by atoms with Gasteiger partial charge in [-0.3, -0.25) is 14.1 Å². The summed E-state index contributed by atoms with van der Waals surface area (Å²) >= 11 is 0. The van der Waals surface area contributed by atoms with Crippen molar-refractivity contribution in [2.24, 2.45) is 5.73 Å².